The Morgan fingerprint density at radius 2 is 1.35 bits per heavy atom. The van der Waals surface area contributed by atoms with E-state index in [0.717, 1.165) is 12.8 Å². The van der Waals surface area contributed by atoms with Gasteiger partial charge in [0, 0.05) is 19.1 Å². The molecule has 0 saturated heterocycles. The first-order valence-corrected chi connectivity index (χ1v) is 8.88. The molecule has 1 unspecified atom stereocenters. The first-order chi connectivity index (χ1) is 10.6. The van der Waals surface area contributed by atoms with Crippen LogP contribution in [0.25, 0.3) is 0 Å². The average Bonchev–Trinajstić information content (AvgIpc) is 2.51. The molecule has 0 heterocycles. The number of carboxylic acid groups (broad SMARTS) is 1. The minimum Gasteiger partial charge on any atom is -0.548 e. The van der Waals surface area contributed by atoms with Gasteiger partial charge in [-0.3, -0.25) is 4.90 Å². The van der Waals surface area contributed by atoms with Crippen molar-refractivity contribution in [2.75, 3.05) is 13.1 Å². The first kappa shape index (κ1) is 25.2. The molecule has 0 fully saturated rings. The summed E-state index contributed by atoms with van der Waals surface area (Å²) >= 11 is 0. The summed E-state index contributed by atoms with van der Waals surface area (Å²) in [6.07, 6.45) is 18.0. The van der Waals surface area contributed by atoms with Gasteiger partial charge in [0.25, 0.3) is 0 Å². The van der Waals surface area contributed by atoms with Crippen LogP contribution in [0.2, 0.25) is 0 Å². The fraction of sp³-hybridized carbons (Fsp3) is 0.737. The molecular weight excluding hydrogens is 297 g/mol. The number of nitrogens with zero attached hydrogens (tertiary/aromatic N) is 1. The number of aliphatic carboxylic acids is 1. The monoisotopic (exact) mass is 331 g/mol. The second-order valence-electron chi connectivity index (χ2n) is 5.88. The van der Waals surface area contributed by atoms with Crippen molar-refractivity contribution in [3.8, 4) is 0 Å². The maximum absolute atomic E-state index is 11.1. The summed E-state index contributed by atoms with van der Waals surface area (Å²) in [7, 11) is 0. The quantitative estimate of drug-likeness (QED) is 0.267. The van der Waals surface area contributed by atoms with Crippen LogP contribution in [0.5, 0.6) is 0 Å². The molecular formula is C19H34NNaO2. The minimum atomic E-state index is -1.00. The van der Waals surface area contributed by atoms with Crippen molar-refractivity contribution in [3.05, 3.63) is 24.3 Å². The summed E-state index contributed by atoms with van der Waals surface area (Å²) in [6.45, 7) is 7.42. The van der Waals surface area contributed by atoms with E-state index in [0.29, 0.717) is 13.1 Å². The summed E-state index contributed by atoms with van der Waals surface area (Å²) in [6, 6.07) is -0.555. The van der Waals surface area contributed by atoms with Gasteiger partial charge < -0.3 is 9.90 Å². The van der Waals surface area contributed by atoms with Crippen molar-refractivity contribution in [3.63, 3.8) is 0 Å². The summed E-state index contributed by atoms with van der Waals surface area (Å²) in [5.74, 6) is -1.00. The normalized spacial score (nSPS) is 12.9. The fourth-order valence-corrected chi connectivity index (χ4v) is 2.22. The SMILES string of the molecule is CCCCC/C=C/CN(C/C=C/CCCCC)C(C)C(=O)[O-].[Na+]. The molecule has 0 bridgehead atoms. The van der Waals surface area contributed by atoms with Gasteiger partial charge in [0.05, 0.1) is 5.97 Å². The summed E-state index contributed by atoms with van der Waals surface area (Å²) in [5.41, 5.74) is 0. The molecule has 1 atom stereocenters. The summed E-state index contributed by atoms with van der Waals surface area (Å²) in [5, 5.41) is 11.1. The van der Waals surface area contributed by atoms with Crippen molar-refractivity contribution in [1.29, 1.82) is 0 Å². The predicted molar refractivity (Wildman–Crippen MR) is 92.6 cm³/mol. The zero-order chi connectivity index (χ0) is 16.6. The molecule has 0 saturated carbocycles. The van der Waals surface area contributed by atoms with Gasteiger partial charge in [-0.15, -0.1) is 0 Å². The van der Waals surface area contributed by atoms with Crippen LogP contribution in [0, 0.1) is 0 Å². The Hall–Kier alpha value is -0.0900. The Morgan fingerprint density at radius 3 is 1.70 bits per heavy atom. The standard InChI is InChI=1S/C19H35NO2.Na/c1-4-6-8-10-12-14-16-20(18(3)19(21)22)17-15-13-11-9-7-5-2;/h12-15,18H,4-11,16-17H2,1-3H3,(H,21,22);/q;+1/p-1/b14-12+,15-13+;. The first-order valence-electron chi connectivity index (χ1n) is 8.88. The van der Waals surface area contributed by atoms with Gasteiger partial charge in [0.1, 0.15) is 0 Å². The van der Waals surface area contributed by atoms with Crippen LogP contribution in [0.15, 0.2) is 24.3 Å². The van der Waals surface area contributed by atoms with Crippen LogP contribution in [-0.4, -0.2) is 30.0 Å². The molecule has 128 valence electrons. The van der Waals surface area contributed by atoms with Crippen LogP contribution >= 0.6 is 0 Å². The van der Waals surface area contributed by atoms with Gasteiger partial charge in [-0.25, -0.2) is 0 Å². The van der Waals surface area contributed by atoms with Crippen molar-refractivity contribution < 1.29 is 39.5 Å². The average molecular weight is 331 g/mol. The van der Waals surface area contributed by atoms with Gasteiger partial charge >= 0.3 is 29.6 Å². The Bertz CT molecular complexity index is 307. The van der Waals surface area contributed by atoms with E-state index < -0.39 is 12.0 Å². The van der Waals surface area contributed by atoms with Crippen LogP contribution in [0.3, 0.4) is 0 Å². The molecule has 0 aromatic rings. The number of carboxylic acids is 1. The molecule has 0 amide bonds. The van der Waals surface area contributed by atoms with E-state index in [1.807, 2.05) is 4.90 Å². The zero-order valence-corrected chi connectivity index (χ0v) is 17.7. The molecule has 0 radical (unpaired) electrons. The number of allylic oxidation sites excluding steroid dienone is 2. The van der Waals surface area contributed by atoms with E-state index >= 15 is 0 Å². The summed E-state index contributed by atoms with van der Waals surface area (Å²) in [4.78, 5) is 13.0. The molecule has 0 spiro atoms. The molecule has 4 heteroatoms. The van der Waals surface area contributed by atoms with E-state index in [1.54, 1.807) is 6.92 Å². The van der Waals surface area contributed by atoms with Gasteiger partial charge in [-0.05, 0) is 32.6 Å². The Kier molecular flexibility index (Phi) is 20.0. The number of rotatable bonds is 14. The number of hydrogen-bond donors (Lipinski definition) is 0. The van der Waals surface area contributed by atoms with Gasteiger partial charge in [-0.2, -0.15) is 0 Å². The second kappa shape index (κ2) is 18.3. The van der Waals surface area contributed by atoms with Gasteiger partial charge in [0.2, 0.25) is 0 Å². The largest absolute Gasteiger partial charge is 1.00 e. The fourth-order valence-electron chi connectivity index (χ4n) is 2.22. The number of unbranched alkanes of at least 4 members (excludes halogenated alkanes) is 6. The van der Waals surface area contributed by atoms with Crippen molar-refractivity contribution in [2.24, 2.45) is 0 Å². The van der Waals surface area contributed by atoms with E-state index in [1.165, 1.54) is 38.5 Å². The Labute approximate surface area is 165 Å². The summed E-state index contributed by atoms with van der Waals surface area (Å²) < 4.78 is 0. The molecule has 0 aromatic carbocycles. The second-order valence-corrected chi connectivity index (χ2v) is 5.88. The van der Waals surface area contributed by atoms with Crippen molar-refractivity contribution in [1.82, 2.24) is 4.90 Å². The number of hydrogen-bond acceptors (Lipinski definition) is 3. The van der Waals surface area contributed by atoms with Crippen LogP contribution in [0.4, 0.5) is 0 Å². The molecule has 0 aromatic heterocycles. The van der Waals surface area contributed by atoms with Gasteiger partial charge in [0.15, 0.2) is 0 Å². The maximum atomic E-state index is 11.1. The minimum absolute atomic E-state index is 0. The van der Waals surface area contributed by atoms with E-state index in [4.69, 9.17) is 0 Å². The maximum Gasteiger partial charge on any atom is 1.00 e. The molecule has 0 aliphatic heterocycles. The topological polar surface area (TPSA) is 43.4 Å². The molecule has 0 aliphatic carbocycles. The zero-order valence-electron chi connectivity index (χ0n) is 15.7. The molecule has 3 nitrogen and oxygen atoms in total. The van der Waals surface area contributed by atoms with Crippen LogP contribution in [0.1, 0.15) is 72.1 Å². The molecule has 0 N–H and O–H groups in total. The third-order valence-corrected chi connectivity index (χ3v) is 3.85. The number of carbonyl (C=O) groups is 1. The predicted octanol–water partition coefficient (Wildman–Crippen LogP) is 0.704. The number of carbonyl (C=O) groups excluding carboxylic acids is 1. The van der Waals surface area contributed by atoms with Gasteiger partial charge in [-0.1, -0.05) is 63.8 Å². The molecule has 23 heavy (non-hydrogen) atoms. The van der Waals surface area contributed by atoms with E-state index in [9.17, 15) is 9.90 Å². The Balaban J connectivity index is 0. The Morgan fingerprint density at radius 1 is 0.913 bits per heavy atom. The van der Waals surface area contributed by atoms with Crippen molar-refractivity contribution >= 4 is 5.97 Å². The van der Waals surface area contributed by atoms with Crippen LogP contribution < -0.4 is 34.7 Å². The molecule has 0 rings (SSSR count). The molecule has 0 aliphatic rings. The van der Waals surface area contributed by atoms with E-state index in [2.05, 4.69) is 38.2 Å². The van der Waals surface area contributed by atoms with Crippen LogP contribution in [-0.2, 0) is 4.79 Å². The third kappa shape index (κ3) is 15.2. The van der Waals surface area contributed by atoms with E-state index in [-0.39, 0.29) is 29.6 Å². The van der Waals surface area contributed by atoms with Crippen molar-refractivity contribution in [2.45, 2.75) is 78.2 Å². The third-order valence-electron chi connectivity index (χ3n) is 3.85. The smallest absolute Gasteiger partial charge is 0.548 e.